The number of amidine groups is 1. The number of hydrogen-bond acceptors (Lipinski definition) is 5. The molecule has 0 atom stereocenters. The van der Waals surface area contributed by atoms with Gasteiger partial charge < -0.3 is 14.4 Å². The van der Waals surface area contributed by atoms with Gasteiger partial charge >= 0.3 is 0 Å². The quantitative estimate of drug-likeness (QED) is 0.413. The number of hydrogen-bond donors (Lipinski definition) is 1. The molecule has 37 heavy (non-hydrogen) atoms. The molecule has 0 spiro atoms. The van der Waals surface area contributed by atoms with E-state index in [1.165, 1.54) is 0 Å². The first-order valence-corrected chi connectivity index (χ1v) is 12.7. The van der Waals surface area contributed by atoms with Crippen molar-refractivity contribution in [2.24, 2.45) is 0 Å². The first-order chi connectivity index (χ1) is 17.1. The Balaban J connectivity index is 2.07. The van der Waals surface area contributed by atoms with Crippen LogP contribution in [0.4, 0.5) is 4.39 Å². The molecule has 1 aliphatic rings. The molecule has 7 heteroatoms. The van der Waals surface area contributed by atoms with Gasteiger partial charge in [0.15, 0.2) is 23.1 Å². The zero-order valence-electron chi connectivity index (χ0n) is 23.4. The number of halogens is 1. The van der Waals surface area contributed by atoms with Crippen LogP contribution in [0.15, 0.2) is 24.3 Å². The minimum atomic E-state index is -0.837. The fraction of sp³-hybridized carbons (Fsp3) is 0.500. The van der Waals surface area contributed by atoms with Gasteiger partial charge in [-0.2, -0.15) is 5.26 Å². The van der Waals surface area contributed by atoms with Crippen LogP contribution < -0.4 is 9.47 Å². The molecule has 0 saturated carbocycles. The summed E-state index contributed by atoms with van der Waals surface area (Å²) < 4.78 is 26.9. The lowest BCUT2D eigenvalue weighted by Gasteiger charge is -2.33. The van der Waals surface area contributed by atoms with E-state index in [0.29, 0.717) is 17.7 Å². The number of carbonyl (C=O) groups is 1. The van der Waals surface area contributed by atoms with Gasteiger partial charge in [-0.1, -0.05) is 26.8 Å². The minimum absolute atomic E-state index is 0.0157. The van der Waals surface area contributed by atoms with Crippen LogP contribution in [0.25, 0.3) is 0 Å². The Morgan fingerprint density at radius 2 is 1.65 bits per heavy atom. The van der Waals surface area contributed by atoms with Gasteiger partial charge in [0.25, 0.3) is 0 Å². The topological polar surface area (TPSA) is 86.4 Å². The fourth-order valence-electron chi connectivity index (χ4n) is 4.58. The van der Waals surface area contributed by atoms with Crippen molar-refractivity contribution in [3.05, 3.63) is 57.9 Å². The van der Waals surface area contributed by atoms with Crippen LogP contribution in [-0.2, 0) is 16.4 Å². The average Bonchev–Trinajstić information content (AvgIpc) is 3.01. The lowest BCUT2D eigenvalue weighted by molar-refractivity contribution is 0.0920. The van der Waals surface area contributed by atoms with Crippen molar-refractivity contribution in [3.8, 4) is 17.6 Å². The van der Waals surface area contributed by atoms with E-state index in [9.17, 15) is 10.1 Å². The zero-order chi connectivity index (χ0) is 27.9. The Morgan fingerprint density at radius 1 is 1.05 bits per heavy atom. The molecule has 198 valence electrons. The molecule has 2 aromatic carbocycles. The molecule has 0 bridgehead atoms. The lowest BCUT2D eigenvalue weighted by atomic mass is 9.79. The standard InChI is InChI=1S/C30H38FN3O3/c1-10-36-23-15-21-24(25(31)26(23)37-11-2)27(33)34(30(21,8)9)16-22(35)18-12-19(28(3,4)5)14-20(13-18)29(6,7)17-32/h12-15,33H,10-11,16H2,1-9H3. The van der Waals surface area contributed by atoms with E-state index in [-0.39, 0.29) is 47.2 Å². The molecule has 1 aliphatic heterocycles. The third kappa shape index (κ3) is 5.07. The first kappa shape index (κ1) is 28.2. The summed E-state index contributed by atoms with van der Waals surface area (Å²) in [6.45, 7) is 17.6. The first-order valence-electron chi connectivity index (χ1n) is 12.7. The largest absolute Gasteiger partial charge is 0.490 e. The van der Waals surface area contributed by atoms with E-state index in [1.54, 1.807) is 24.0 Å². The second-order valence-electron chi connectivity index (χ2n) is 11.5. The molecule has 6 nitrogen and oxygen atoms in total. The van der Waals surface area contributed by atoms with E-state index in [1.807, 2.05) is 46.8 Å². The zero-order valence-corrected chi connectivity index (χ0v) is 23.4. The summed E-state index contributed by atoms with van der Waals surface area (Å²) in [7, 11) is 0. The normalized spacial score (nSPS) is 14.8. The highest BCUT2D eigenvalue weighted by Crippen LogP contribution is 2.46. The Kier molecular flexibility index (Phi) is 7.47. The Labute approximate surface area is 219 Å². The maximum atomic E-state index is 15.7. The van der Waals surface area contributed by atoms with Crippen molar-refractivity contribution in [3.63, 3.8) is 0 Å². The summed E-state index contributed by atoms with van der Waals surface area (Å²) in [5.41, 5.74) is 1.03. The molecular weight excluding hydrogens is 469 g/mol. The van der Waals surface area contributed by atoms with Crippen LogP contribution in [0.3, 0.4) is 0 Å². The number of fused-ring (bicyclic) bond motifs is 1. The Bertz CT molecular complexity index is 1280. The summed E-state index contributed by atoms with van der Waals surface area (Å²) in [4.78, 5) is 15.3. The van der Waals surface area contributed by atoms with Crippen LogP contribution in [0.2, 0.25) is 0 Å². The fourth-order valence-corrected chi connectivity index (χ4v) is 4.58. The summed E-state index contributed by atoms with van der Waals surface area (Å²) >= 11 is 0. The molecule has 1 N–H and O–H groups in total. The highest BCUT2D eigenvalue weighted by molar-refractivity contribution is 6.07. The minimum Gasteiger partial charge on any atom is -0.490 e. The molecule has 0 aliphatic carbocycles. The molecular formula is C30H38FN3O3. The van der Waals surface area contributed by atoms with Crippen molar-refractivity contribution in [2.45, 2.75) is 78.7 Å². The van der Waals surface area contributed by atoms with Crippen LogP contribution in [0, 0.1) is 22.6 Å². The second kappa shape index (κ2) is 9.81. The summed E-state index contributed by atoms with van der Waals surface area (Å²) in [6.07, 6.45) is 0. The maximum absolute atomic E-state index is 15.7. The lowest BCUT2D eigenvalue weighted by Crippen LogP contribution is -2.42. The molecule has 1 heterocycles. The van der Waals surface area contributed by atoms with Gasteiger partial charge in [0.2, 0.25) is 0 Å². The van der Waals surface area contributed by atoms with Gasteiger partial charge in [-0.15, -0.1) is 0 Å². The summed E-state index contributed by atoms with van der Waals surface area (Å²) in [5.74, 6) is -0.654. The number of nitriles is 1. The maximum Gasteiger partial charge on any atom is 0.197 e. The predicted octanol–water partition coefficient (Wildman–Crippen LogP) is 6.48. The number of ketones is 1. The van der Waals surface area contributed by atoms with Gasteiger partial charge in [0, 0.05) is 5.56 Å². The number of benzene rings is 2. The molecule has 0 saturated heterocycles. The van der Waals surface area contributed by atoms with Crippen LogP contribution in [-0.4, -0.2) is 36.3 Å². The number of carbonyl (C=O) groups excluding carboxylic acids is 1. The van der Waals surface area contributed by atoms with Gasteiger partial charge in [-0.3, -0.25) is 10.2 Å². The number of nitrogens with one attached hydrogen (secondary N) is 1. The predicted molar refractivity (Wildman–Crippen MR) is 143 cm³/mol. The van der Waals surface area contributed by atoms with E-state index >= 15 is 4.39 Å². The van der Waals surface area contributed by atoms with Gasteiger partial charge in [-0.05, 0) is 81.8 Å². The molecule has 0 aromatic heterocycles. The third-order valence-corrected chi connectivity index (χ3v) is 7.04. The summed E-state index contributed by atoms with van der Waals surface area (Å²) in [6, 6.07) is 9.66. The van der Waals surface area contributed by atoms with Crippen LogP contribution in [0.1, 0.15) is 94.9 Å². The van der Waals surface area contributed by atoms with E-state index in [2.05, 4.69) is 26.8 Å². The molecule has 0 unspecified atom stereocenters. The highest BCUT2D eigenvalue weighted by atomic mass is 19.1. The van der Waals surface area contributed by atoms with Gasteiger partial charge in [0.1, 0.15) is 5.84 Å². The van der Waals surface area contributed by atoms with Crippen molar-refractivity contribution >= 4 is 11.6 Å². The third-order valence-electron chi connectivity index (χ3n) is 7.04. The number of nitrogens with zero attached hydrogens (tertiary/aromatic N) is 2. The average molecular weight is 508 g/mol. The van der Waals surface area contributed by atoms with Crippen molar-refractivity contribution in [1.82, 2.24) is 4.90 Å². The van der Waals surface area contributed by atoms with Crippen LogP contribution >= 0.6 is 0 Å². The SMILES string of the molecule is CCOc1cc2c(c(F)c1OCC)C(=N)N(CC(=O)c1cc(C(C)(C)C)cc(C(C)(C)C#N)c1)C2(C)C. The number of Topliss-reactive ketones (excluding diaryl/α,β-unsaturated/α-hetero) is 1. The Hall–Kier alpha value is -3.40. The van der Waals surface area contributed by atoms with Crippen molar-refractivity contribution in [2.75, 3.05) is 19.8 Å². The molecule has 0 radical (unpaired) electrons. The van der Waals surface area contributed by atoms with Crippen molar-refractivity contribution < 1.29 is 18.7 Å². The van der Waals surface area contributed by atoms with Crippen LogP contribution in [0.5, 0.6) is 11.5 Å². The molecule has 0 fully saturated rings. The Morgan fingerprint density at radius 3 is 2.19 bits per heavy atom. The molecule has 3 rings (SSSR count). The van der Waals surface area contributed by atoms with Gasteiger partial charge in [-0.25, -0.2) is 4.39 Å². The van der Waals surface area contributed by atoms with E-state index < -0.39 is 16.8 Å². The van der Waals surface area contributed by atoms with Crippen molar-refractivity contribution in [1.29, 1.82) is 10.7 Å². The van der Waals surface area contributed by atoms with E-state index in [4.69, 9.17) is 14.9 Å². The highest BCUT2D eigenvalue weighted by Gasteiger charge is 2.45. The number of rotatable bonds is 8. The molecule has 2 aromatic rings. The second-order valence-corrected chi connectivity index (χ2v) is 11.5. The smallest absolute Gasteiger partial charge is 0.197 e. The van der Waals surface area contributed by atoms with Gasteiger partial charge in [0.05, 0.1) is 42.3 Å². The number of ether oxygens (including phenoxy) is 2. The molecule has 0 amide bonds. The monoisotopic (exact) mass is 507 g/mol. The summed E-state index contributed by atoms with van der Waals surface area (Å²) in [5, 5.41) is 18.6. The van der Waals surface area contributed by atoms with E-state index in [0.717, 1.165) is 11.1 Å².